The number of nitrogens with one attached hydrogen (secondary N) is 1. The zero-order valence-corrected chi connectivity index (χ0v) is 13.0. The maximum absolute atomic E-state index is 4.21. The van der Waals surface area contributed by atoms with E-state index >= 15 is 0 Å². The highest BCUT2D eigenvalue weighted by Gasteiger charge is 2.13. The van der Waals surface area contributed by atoms with E-state index in [1.807, 2.05) is 0 Å². The lowest BCUT2D eigenvalue weighted by Crippen LogP contribution is -2.38. The highest BCUT2D eigenvalue weighted by atomic mass is 32.1. The lowest BCUT2D eigenvalue weighted by atomic mass is 10.1. The van der Waals surface area contributed by atoms with Gasteiger partial charge >= 0.3 is 0 Å². The van der Waals surface area contributed by atoms with Crippen molar-refractivity contribution in [3.8, 4) is 0 Å². The Hall–Kier alpha value is -0.520. The molecule has 0 bridgehead atoms. The van der Waals surface area contributed by atoms with Crippen LogP contribution in [0.1, 0.15) is 51.1 Å². The largest absolute Gasteiger partial charge is 0.308 e. The molecule has 0 aliphatic carbocycles. The second-order valence-corrected chi connectivity index (χ2v) is 5.84. The molecule has 5 heteroatoms. The maximum Gasteiger partial charge on any atom is 0.0826 e. The molecule has 1 N–H and O–H groups in total. The fraction of sp³-hybridized carbons (Fsp3) is 0.846. The van der Waals surface area contributed by atoms with Gasteiger partial charge in [0.15, 0.2) is 0 Å². The van der Waals surface area contributed by atoms with Crippen molar-refractivity contribution in [2.45, 2.75) is 53.1 Å². The molecule has 1 aromatic rings. The lowest BCUT2D eigenvalue weighted by Gasteiger charge is -2.23. The Morgan fingerprint density at radius 3 is 2.44 bits per heavy atom. The van der Waals surface area contributed by atoms with Crippen LogP contribution in [0.4, 0.5) is 0 Å². The van der Waals surface area contributed by atoms with E-state index in [-0.39, 0.29) is 0 Å². The first-order valence-corrected chi connectivity index (χ1v) is 7.62. The topological polar surface area (TPSA) is 41.0 Å². The molecule has 1 rings (SSSR count). The van der Waals surface area contributed by atoms with Gasteiger partial charge < -0.3 is 10.2 Å². The van der Waals surface area contributed by atoms with Crippen molar-refractivity contribution in [3.63, 3.8) is 0 Å². The van der Waals surface area contributed by atoms with Crippen molar-refractivity contribution in [3.05, 3.63) is 10.6 Å². The second-order valence-electron chi connectivity index (χ2n) is 5.00. The third kappa shape index (κ3) is 4.63. The number of likely N-dealkylation sites (N-methyl/N-ethyl adjacent to an activating group) is 1. The molecule has 18 heavy (non-hydrogen) atoms. The fourth-order valence-corrected chi connectivity index (χ4v) is 2.72. The average molecular weight is 270 g/mol. The van der Waals surface area contributed by atoms with Gasteiger partial charge in [0.05, 0.1) is 10.6 Å². The minimum absolute atomic E-state index is 0.457. The van der Waals surface area contributed by atoms with Crippen LogP contribution in [0.3, 0.4) is 0 Å². The van der Waals surface area contributed by atoms with Gasteiger partial charge in [-0.2, -0.15) is 0 Å². The minimum Gasteiger partial charge on any atom is -0.308 e. The summed E-state index contributed by atoms with van der Waals surface area (Å²) in [4.78, 5) is 3.71. The molecule has 0 fully saturated rings. The Morgan fingerprint density at radius 2 is 1.89 bits per heavy atom. The predicted octanol–water partition coefficient (Wildman–Crippen LogP) is 2.48. The predicted molar refractivity (Wildman–Crippen MR) is 78.1 cm³/mol. The Bertz CT molecular complexity index is 333. The fourth-order valence-electron chi connectivity index (χ4n) is 1.98. The SMILES string of the molecule is CCN(CC)CC(C)NCc1snnc1C(C)C. The van der Waals surface area contributed by atoms with E-state index in [1.165, 1.54) is 16.4 Å². The van der Waals surface area contributed by atoms with Crippen LogP contribution in [-0.4, -0.2) is 40.2 Å². The number of nitrogens with zero attached hydrogens (tertiary/aromatic N) is 3. The van der Waals surface area contributed by atoms with Crippen molar-refractivity contribution < 1.29 is 0 Å². The quantitative estimate of drug-likeness (QED) is 0.788. The first kappa shape index (κ1) is 15.5. The van der Waals surface area contributed by atoms with Crippen molar-refractivity contribution in [2.75, 3.05) is 19.6 Å². The zero-order chi connectivity index (χ0) is 13.5. The summed E-state index contributed by atoms with van der Waals surface area (Å²) in [5.74, 6) is 0.457. The zero-order valence-electron chi connectivity index (χ0n) is 12.2. The third-order valence-corrected chi connectivity index (χ3v) is 3.91. The van der Waals surface area contributed by atoms with Gasteiger partial charge in [0.25, 0.3) is 0 Å². The molecule has 0 saturated heterocycles. The van der Waals surface area contributed by atoms with Gasteiger partial charge in [-0.1, -0.05) is 32.2 Å². The highest BCUT2D eigenvalue weighted by Crippen LogP contribution is 2.19. The Labute approximate surface area is 115 Å². The van der Waals surface area contributed by atoms with Crippen LogP contribution in [0.5, 0.6) is 0 Å². The summed E-state index contributed by atoms with van der Waals surface area (Å²) in [6, 6.07) is 0.493. The van der Waals surface area contributed by atoms with Gasteiger partial charge in [-0.25, -0.2) is 0 Å². The normalized spacial score (nSPS) is 13.5. The number of aromatic nitrogens is 2. The molecule has 1 heterocycles. The molecule has 1 aromatic heterocycles. The molecule has 1 atom stereocenters. The first-order chi connectivity index (χ1) is 8.58. The molecular formula is C13H26N4S. The van der Waals surface area contributed by atoms with Gasteiger partial charge in [-0.3, -0.25) is 0 Å². The van der Waals surface area contributed by atoms with Gasteiger partial charge in [0.1, 0.15) is 0 Å². The number of rotatable bonds is 8. The Kier molecular flexibility index (Phi) is 6.75. The van der Waals surface area contributed by atoms with Crippen molar-refractivity contribution in [2.24, 2.45) is 0 Å². The minimum atomic E-state index is 0.457. The molecule has 0 spiro atoms. The number of hydrogen-bond acceptors (Lipinski definition) is 5. The standard InChI is InChI=1S/C13H26N4S/c1-6-17(7-2)9-11(5)14-8-12-13(10(3)4)15-16-18-12/h10-11,14H,6-9H2,1-5H3. The van der Waals surface area contributed by atoms with Crippen molar-refractivity contribution in [1.82, 2.24) is 19.8 Å². The van der Waals surface area contributed by atoms with Crippen LogP contribution < -0.4 is 5.32 Å². The molecule has 4 nitrogen and oxygen atoms in total. The Morgan fingerprint density at radius 1 is 1.22 bits per heavy atom. The lowest BCUT2D eigenvalue weighted by molar-refractivity contribution is 0.271. The van der Waals surface area contributed by atoms with Crippen molar-refractivity contribution >= 4 is 11.5 Å². The van der Waals surface area contributed by atoms with Crippen LogP contribution in [0, 0.1) is 0 Å². The summed E-state index contributed by atoms with van der Waals surface area (Å²) in [6.45, 7) is 15.2. The van der Waals surface area contributed by atoms with E-state index in [2.05, 4.69) is 54.4 Å². The van der Waals surface area contributed by atoms with E-state index in [0.29, 0.717) is 12.0 Å². The summed E-state index contributed by atoms with van der Waals surface area (Å²) < 4.78 is 4.06. The van der Waals surface area contributed by atoms with E-state index in [4.69, 9.17) is 0 Å². The summed E-state index contributed by atoms with van der Waals surface area (Å²) in [5, 5.41) is 7.77. The molecule has 0 radical (unpaired) electrons. The monoisotopic (exact) mass is 270 g/mol. The first-order valence-electron chi connectivity index (χ1n) is 6.85. The van der Waals surface area contributed by atoms with E-state index in [0.717, 1.165) is 31.9 Å². The molecule has 104 valence electrons. The molecule has 1 unspecified atom stereocenters. The second kappa shape index (κ2) is 7.81. The summed E-state index contributed by atoms with van der Waals surface area (Å²) in [6.07, 6.45) is 0. The summed E-state index contributed by atoms with van der Waals surface area (Å²) >= 11 is 1.51. The smallest absolute Gasteiger partial charge is 0.0826 e. The molecule has 0 saturated carbocycles. The Balaban J connectivity index is 2.42. The van der Waals surface area contributed by atoms with E-state index < -0.39 is 0 Å². The van der Waals surface area contributed by atoms with Crippen LogP contribution in [-0.2, 0) is 6.54 Å². The van der Waals surface area contributed by atoms with Crippen LogP contribution in [0.15, 0.2) is 0 Å². The van der Waals surface area contributed by atoms with Gasteiger partial charge in [0, 0.05) is 19.1 Å². The van der Waals surface area contributed by atoms with Crippen LogP contribution in [0.25, 0.3) is 0 Å². The van der Waals surface area contributed by atoms with Gasteiger partial charge in [-0.15, -0.1) is 5.10 Å². The van der Waals surface area contributed by atoms with E-state index in [1.54, 1.807) is 0 Å². The van der Waals surface area contributed by atoms with E-state index in [9.17, 15) is 0 Å². The summed E-state index contributed by atoms with van der Waals surface area (Å²) in [5.41, 5.74) is 1.14. The van der Waals surface area contributed by atoms with Crippen LogP contribution >= 0.6 is 11.5 Å². The van der Waals surface area contributed by atoms with Gasteiger partial charge in [0.2, 0.25) is 0 Å². The molecule has 0 aromatic carbocycles. The summed E-state index contributed by atoms with van der Waals surface area (Å²) in [7, 11) is 0. The van der Waals surface area contributed by atoms with Gasteiger partial charge in [-0.05, 0) is 37.5 Å². The highest BCUT2D eigenvalue weighted by molar-refractivity contribution is 7.05. The molecule has 0 amide bonds. The third-order valence-electron chi connectivity index (χ3n) is 3.17. The molecule has 0 aliphatic rings. The van der Waals surface area contributed by atoms with Crippen LogP contribution in [0.2, 0.25) is 0 Å². The average Bonchev–Trinajstić information content (AvgIpc) is 2.81. The molecular weight excluding hydrogens is 244 g/mol. The number of hydrogen-bond donors (Lipinski definition) is 1. The van der Waals surface area contributed by atoms with Crippen molar-refractivity contribution in [1.29, 1.82) is 0 Å². The maximum atomic E-state index is 4.21. The molecule has 0 aliphatic heterocycles.